The van der Waals surface area contributed by atoms with Gasteiger partial charge < -0.3 is 25.8 Å². The van der Waals surface area contributed by atoms with Gasteiger partial charge in [-0.1, -0.05) is 18.2 Å². The molecule has 6 heteroatoms. The van der Waals surface area contributed by atoms with Gasteiger partial charge in [0.1, 0.15) is 5.75 Å². The fourth-order valence-corrected chi connectivity index (χ4v) is 2.09. The third kappa shape index (κ3) is 5.81. The van der Waals surface area contributed by atoms with Crippen LogP contribution in [0.15, 0.2) is 53.5 Å². The molecule has 4 N–H and O–H groups in total. The highest BCUT2D eigenvalue weighted by Crippen LogP contribution is 2.16. The van der Waals surface area contributed by atoms with E-state index in [1.54, 1.807) is 14.2 Å². The molecule has 128 valence electrons. The molecule has 0 aliphatic rings. The number of benzene rings is 2. The molecule has 0 saturated heterocycles. The number of nitrogens with one attached hydrogen (secondary N) is 2. The topological polar surface area (TPSA) is 80.9 Å². The molecule has 0 bridgehead atoms. The Morgan fingerprint density at radius 2 is 1.88 bits per heavy atom. The molecule has 0 heterocycles. The molecule has 0 aromatic heterocycles. The van der Waals surface area contributed by atoms with Crippen LogP contribution in [0.3, 0.4) is 0 Å². The van der Waals surface area contributed by atoms with Crippen molar-refractivity contribution < 1.29 is 9.47 Å². The molecule has 0 unspecified atom stereocenters. The molecule has 2 aromatic rings. The maximum atomic E-state index is 5.93. The van der Waals surface area contributed by atoms with E-state index in [4.69, 9.17) is 15.2 Å². The van der Waals surface area contributed by atoms with Crippen LogP contribution in [0.4, 0.5) is 11.4 Å². The number of nitrogens with zero attached hydrogens (tertiary/aromatic N) is 1. The molecule has 0 aliphatic carbocycles. The molecule has 0 radical (unpaired) electrons. The smallest absolute Gasteiger partial charge is 0.193 e. The zero-order valence-corrected chi connectivity index (χ0v) is 14.1. The van der Waals surface area contributed by atoms with Gasteiger partial charge >= 0.3 is 0 Å². The van der Waals surface area contributed by atoms with Gasteiger partial charge in [-0.15, -0.1) is 0 Å². The van der Waals surface area contributed by atoms with Crippen LogP contribution in [-0.2, 0) is 11.3 Å². The van der Waals surface area contributed by atoms with Crippen molar-refractivity contribution in [3.8, 4) is 5.75 Å². The second-order valence-corrected chi connectivity index (χ2v) is 5.17. The van der Waals surface area contributed by atoms with Crippen molar-refractivity contribution in [3.05, 3.63) is 54.1 Å². The number of hydrogen-bond donors (Lipinski definition) is 3. The Kier molecular flexibility index (Phi) is 6.91. The summed E-state index contributed by atoms with van der Waals surface area (Å²) in [6, 6.07) is 15.6. The average molecular weight is 328 g/mol. The molecule has 0 atom stereocenters. The number of anilines is 2. The SMILES string of the molecule is COCCNc1ccc(CN=C(N)Nc2cccc(OC)c2)cc1. The molecule has 0 saturated carbocycles. The molecule has 0 aliphatic heterocycles. The lowest BCUT2D eigenvalue weighted by Crippen LogP contribution is -2.22. The van der Waals surface area contributed by atoms with Crippen LogP contribution in [0.25, 0.3) is 0 Å². The van der Waals surface area contributed by atoms with E-state index in [-0.39, 0.29) is 0 Å². The van der Waals surface area contributed by atoms with Gasteiger partial charge in [-0.2, -0.15) is 0 Å². The first-order chi connectivity index (χ1) is 11.7. The minimum Gasteiger partial charge on any atom is -0.497 e. The van der Waals surface area contributed by atoms with E-state index in [0.717, 1.165) is 29.2 Å². The second kappa shape index (κ2) is 9.42. The predicted molar refractivity (Wildman–Crippen MR) is 98.8 cm³/mol. The number of ether oxygens (including phenoxy) is 2. The Bertz CT molecular complexity index is 656. The highest BCUT2D eigenvalue weighted by atomic mass is 16.5. The summed E-state index contributed by atoms with van der Waals surface area (Å²) in [5.74, 6) is 1.13. The zero-order chi connectivity index (χ0) is 17.2. The molecular weight excluding hydrogens is 304 g/mol. The van der Waals surface area contributed by atoms with E-state index in [9.17, 15) is 0 Å². The number of rotatable bonds is 8. The first kappa shape index (κ1) is 17.6. The standard InChI is InChI=1S/C18H24N4O2/c1-23-11-10-20-15-8-6-14(7-9-15)13-21-18(19)22-16-4-3-5-17(12-16)24-2/h3-9,12,20H,10-11,13H2,1-2H3,(H3,19,21,22). The van der Waals surface area contributed by atoms with Gasteiger partial charge in [-0.25, -0.2) is 4.99 Å². The molecule has 0 amide bonds. The minimum atomic E-state index is 0.366. The lowest BCUT2D eigenvalue weighted by atomic mass is 10.2. The first-order valence-corrected chi connectivity index (χ1v) is 7.74. The summed E-state index contributed by atoms with van der Waals surface area (Å²) in [6.07, 6.45) is 0. The zero-order valence-electron chi connectivity index (χ0n) is 14.1. The van der Waals surface area contributed by atoms with Gasteiger partial charge in [-0.05, 0) is 29.8 Å². The Morgan fingerprint density at radius 1 is 1.08 bits per heavy atom. The van der Waals surface area contributed by atoms with Crippen molar-refractivity contribution >= 4 is 17.3 Å². The van der Waals surface area contributed by atoms with Crippen LogP contribution in [0.5, 0.6) is 5.75 Å². The summed E-state index contributed by atoms with van der Waals surface area (Å²) in [7, 11) is 3.32. The molecule has 24 heavy (non-hydrogen) atoms. The quantitative estimate of drug-likeness (QED) is 0.394. The summed E-state index contributed by atoms with van der Waals surface area (Å²) in [4.78, 5) is 4.35. The molecule has 0 spiro atoms. The number of hydrogen-bond acceptors (Lipinski definition) is 4. The van der Waals surface area contributed by atoms with Gasteiger partial charge in [0.15, 0.2) is 5.96 Å². The van der Waals surface area contributed by atoms with E-state index in [0.29, 0.717) is 19.1 Å². The van der Waals surface area contributed by atoms with Crippen molar-refractivity contribution in [1.29, 1.82) is 0 Å². The Labute approximate surface area is 142 Å². The van der Waals surface area contributed by atoms with Crippen LogP contribution in [0, 0.1) is 0 Å². The number of aliphatic imine (C=N–C) groups is 1. The summed E-state index contributed by atoms with van der Waals surface area (Å²) in [5.41, 5.74) is 8.91. The number of methoxy groups -OCH3 is 2. The van der Waals surface area contributed by atoms with Crippen molar-refractivity contribution in [1.82, 2.24) is 0 Å². The van der Waals surface area contributed by atoms with E-state index >= 15 is 0 Å². The largest absolute Gasteiger partial charge is 0.497 e. The maximum Gasteiger partial charge on any atom is 0.193 e. The summed E-state index contributed by atoms with van der Waals surface area (Å²) < 4.78 is 10.2. The fourth-order valence-electron chi connectivity index (χ4n) is 2.09. The Morgan fingerprint density at radius 3 is 2.58 bits per heavy atom. The maximum absolute atomic E-state index is 5.93. The minimum absolute atomic E-state index is 0.366. The van der Waals surface area contributed by atoms with Crippen LogP contribution in [0.2, 0.25) is 0 Å². The Hall–Kier alpha value is -2.73. The van der Waals surface area contributed by atoms with Crippen molar-refractivity contribution in [2.45, 2.75) is 6.54 Å². The highest BCUT2D eigenvalue weighted by molar-refractivity contribution is 5.92. The van der Waals surface area contributed by atoms with Gasteiger partial charge in [0, 0.05) is 31.1 Å². The average Bonchev–Trinajstić information content (AvgIpc) is 2.61. The normalized spacial score (nSPS) is 11.2. The van der Waals surface area contributed by atoms with E-state index in [1.807, 2.05) is 48.5 Å². The van der Waals surface area contributed by atoms with E-state index in [1.165, 1.54) is 0 Å². The first-order valence-electron chi connectivity index (χ1n) is 7.74. The predicted octanol–water partition coefficient (Wildman–Crippen LogP) is 2.68. The number of nitrogens with two attached hydrogens (primary N) is 1. The van der Waals surface area contributed by atoms with Crippen molar-refractivity contribution in [3.63, 3.8) is 0 Å². The molecular formula is C18H24N4O2. The highest BCUT2D eigenvalue weighted by Gasteiger charge is 1.98. The molecule has 2 aromatic carbocycles. The third-order valence-corrected chi connectivity index (χ3v) is 3.36. The number of guanidine groups is 1. The molecule has 6 nitrogen and oxygen atoms in total. The van der Waals surface area contributed by atoms with Crippen LogP contribution < -0.4 is 21.1 Å². The van der Waals surface area contributed by atoms with Crippen molar-refractivity contribution in [2.75, 3.05) is 38.0 Å². The van der Waals surface area contributed by atoms with E-state index < -0.39 is 0 Å². The Balaban J connectivity index is 1.87. The summed E-state index contributed by atoms with van der Waals surface area (Å²) in [6.45, 7) is 1.98. The van der Waals surface area contributed by atoms with Gasteiger partial charge in [0.2, 0.25) is 0 Å². The van der Waals surface area contributed by atoms with Gasteiger partial charge in [0.05, 0.1) is 20.3 Å². The second-order valence-electron chi connectivity index (χ2n) is 5.17. The van der Waals surface area contributed by atoms with Crippen LogP contribution >= 0.6 is 0 Å². The monoisotopic (exact) mass is 328 g/mol. The molecule has 0 fully saturated rings. The summed E-state index contributed by atoms with van der Waals surface area (Å²) in [5, 5.41) is 6.33. The van der Waals surface area contributed by atoms with Crippen molar-refractivity contribution in [2.24, 2.45) is 10.7 Å². The van der Waals surface area contributed by atoms with E-state index in [2.05, 4.69) is 15.6 Å². The van der Waals surface area contributed by atoms with Gasteiger partial charge in [-0.3, -0.25) is 0 Å². The lowest BCUT2D eigenvalue weighted by Gasteiger charge is -2.08. The lowest BCUT2D eigenvalue weighted by molar-refractivity contribution is 0.211. The van der Waals surface area contributed by atoms with Crippen LogP contribution in [0.1, 0.15) is 5.56 Å². The van der Waals surface area contributed by atoms with Crippen LogP contribution in [-0.4, -0.2) is 33.3 Å². The fraction of sp³-hybridized carbons (Fsp3) is 0.278. The third-order valence-electron chi connectivity index (χ3n) is 3.36. The summed E-state index contributed by atoms with van der Waals surface area (Å²) >= 11 is 0. The molecule has 2 rings (SSSR count). The van der Waals surface area contributed by atoms with Gasteiger partial charge in [0.25, 0.3) is 0 Å².